The molecule has 24 heavy (non-hydrogen) atoms. The molecule has 0 aromatic heterocycles. The van der Waals surface area contributed by atoms with Crippen LogP contribution in [-0.4, -0.2) is 30.0 Å². The number of esters is 1. The summed E-state index contributed by atoms with van der Waals surface area (Å²) in [5.41, 5.74) is 0.771. The van der Waals surface area contributed by atoms with Crippen LogP contribution in [0.4, 0.5) is 5.69 Å². The number of rotatable bonds is 8. The van der Waals surface area contributed by atoms with E-state index in [0.717, 1.165) is 15.5 Å². The summed E-state index contributed by atoms with van der Waals surface area (Å²) in [6, 6.07) is 17.7. The van der Waals surface area contributed by atoms with Gasteiger partial charge in [0.15, 0.2) is 0 Å². The fraction of sp³-hybridized carbons (Fsp3) is 0.222. The lowest BCUT2D eigenvalue weighted by Gasteiger charge is -2.10. The van der Waals surface area contributed by atoms with Crippen molar-refractivity contribution in [2.75, 3.05) is 23.4 Å². The van der Waals surface area contributed by atoms with Gasteiger partial charge in [0.05, 0.1) is 23.8 Å². The van der Waals surface area contributed by atoms with Crippen molar-refractivity contribution in [3.8, 4) is 0 Å². The molecule has 0 fully saturated rings. The highest BCUT2D eigenvalue weighted by atomic mass is 32.2. The van der Waals surface area contributed by atoms with E-state index in [9.17, 15) is 9.59 Å². The maximum absolute atomic E-state index is 12.1. The number of para-hydroxylation sites is 1. The van der Waals surface area contributed by atoms with Crippen LogP contribution >= 0.6 is 23.5 Å². The van der Waals surface area contributed by atoms with Gasteiger partial charge in [0, 0.05) is 9.79 Å². The molecule has 0 heterocycles. The number of thioether (sulfide) groups is 1. The van der Waals surface area contributed by atoms with Crippen LogP contribution in [0.15, 0.2) is 64.4 Å². The van der Waals surface area contributed by atoms with Gasteiger partial charge >= 0.3 is 5.97 Å². The fourth-order valence-electron chi connectivity index (χ4n) is 1.89. The molecule has 0 saturated carbocycles. The number of anilines is 1. The molecule has 6 heteroatoms. The van der Waals surface area contributed by atoms with Gasteiger partial charge in [0.2, 0.25) is 5.91 Å². The summed E-state index contributed by atoms with van der Waals surface area (Å²) in [7, 11) is 0. The first-order valence-electron chi connectivity index (χ1n) is 7.54. The maximum Gasteiger partial charge on any atom is 0.315 e. The molecular formula is C18H19NO3S2. The zero-order chi connectivity index (χ0) is 17.2. The summed E-state index contributed by atoms with van der Waals surface area (Å²) in [6.07, 6.45) is 0. The van der Waals surface area contributed by atoms with Crippen molar-refractivity contribution in [1.29, 1.82) is 0 Å². The summed E-state index contributed by atoms with van der Waals surface area (Å²) in [5, 5.41) is 2.90. The van der Waals surface area contributed by atoms with Crippen molar-refractivity contribution in [2.45, 2.75) is 16.7 Å². The molecule has 1 N–H and O–H groups in total. The lowest BCUT2D eigenvalue weighted by atomic mass is 10.3. The number of hydrogen-bond donors (Lipinski definition) is 1. The van der Waals surface area contributed by atoms with Gasteiger partial charge in [0.25, 0.3) is 0 Å². The molecular weight excluding hydrogens is 342 g/mol. The van der Waals surface area contributed by atoms with Crippen molar-refractivity contribution in [3.63, 3.8) is 0 Å². The van der Waals surface area contributed by atoms with Crippen LogP contribution in [0.5, 0.6) is 0 Å². The minimum atomic E-state index is -0.296. The second-order valence-corrected chi connectivity index (χ2v) is 6.86. The Hall–Kier alpha value is -1.92. The van der Waals surface area contributed by atoms with E-state index in [0.29, 0.717) is 6.61 Å². The van der Waals surface area contributed by atoms with Gasteiger partial charge in [-0.3, -0.25) is 9.59 Å². The Kier molecular flexibility index (Phi) is 7.71. The second kappa shape index (κ2) is 10.1. The van der Waals surface area contributed by atoms with Crippen LogP contribution in [0.25, 0.3) is 0 Å². The van der Waals surface area contributed by atoms with Gasteiger partial charge in [-0.05, 0) is 31.2 Å². The van der Waals surface area contributed by atoms with E-state index in [1.165, 1.54) is 11.8 Å². The van der Waals surface area contributed by atoms with Gasteiger partial charge in [-0.2, -0.15) is 0 Å². The Morgan fingerprint density at radius 1 is 1.00 bits per heavy atom. The summed E-state index contributed by atoms with van der Waals surface area (Å²) >= 11 is 2.84. The Bertz CT molecular complexity index is 677. The van der Waals surface area contributed by atoms with Crippen molar-refractivity contribution in [1.82, 2.24) is 0 Å². The van der Waals surface area contributed by atoms with E-state index in [4.69, 9.17) is 4.74 Å². The number of nitrogens with one attached hydrogen (secondary N) is 1. The predicted molar refractivity (Wildman–Crippen MR) is 99.6 cm³/mol. The molecule has 126 valence electrons. The van der Waals surface area contributed by atoms with E-state index in [2.05, 4.69) is 5.32 Å². The van der Waals surface area contributed by atoms with Crippen molar-refractivity contribution in [2.24, 2.45) is 0 Å². The highest BCUT2D eigenvalue weighted by Gasteiger charge is 2.09. The Labute approximate surface area is 150 Å². The summed E-state index contributed by atoms with van der Waals surface area (Å²) in [4.78, 5) is 25.4. The van der Waals surface area contributed by atoms with Crippen LogP contribution in [0.1, 0.15) is 6.92 Å². The van der Waals surface area contributed by atoms with Crippen LogP contribution in [0.3, 0.4) is 0 Å². The third-order valence-electron chi connectivity index (χ3n) is 2.89. The first-order valence-corrected chi connectivity index (χ1v) is 9.51. The van der Waals surface area contributed by atoms with Crippen LogP contribution < -0.4 is 5.32 Å². The summed E-state index contributed by atoms with van der Waals surface area (Å²) in [6.45, 7) is 2.12. The summed E-state index contributed by atoms with van der Waals surface area (Å²) < 4.78 is 4.83. The molecule has 0 spiro atoms. The number of hydrogen-bond acceptors (Lipinski definition) is 5. The van der Waals surface area contributed by atoms with E-state index >= 15 is 0 Å². The maximum atomic E-state index is 12.1. The number of amides is 1. The largest absolute Gasteiger partial charge is 0.465 e. The lowest BCUT2D eigenvalue weighted by Crippen LogP contribution is -2.16. The average Bonchev–Trinajstić information content (AvgIpc) is 2.58. The molecule has 4 nitrogen and oxygen atoms in total. The number of carbonyl (C=O) groups is 2. The van der Waals surface area contributed by atoms with Gasteiger partial charge < -0.3 is 10.1 Å². The molecule has 0 aliphatic carbocycles. The van der Waals surface area contributed by atoms with Crippen molar-refractivity contribution >= 4 is 41.1 Å². The van der Waals surface area contributed by atoms with E-state index in [1.807, 2.05) is 54.6 Å². The zero-order valence-corrected chi connectivity index (χ0v) is 15.0. The highest BCUT2D eigenvalue weighted by Crippen LogP contribution is 2.33. The highest BCUT2D eigenvalue weighted by molar-refractivity contribution is 8.00. The normalized spacial score (nSPS) is 10.2. The summed E-state index contributed by atoms with van der Waals surface area (Å²) in [5.74, 6) is -0.0362. The van der Waals surface area contributed by atoms with E-state index in [1.54, 1.807) is 18.7 Å². The molecule has 0 radical (unpaired) electrons. The number of ether oxygens (including phenoxy) is 1. The van der Waals surface area contributed by atoms with Crippen molar-refractivity contribution in [3.05, 3.63) is 54.6 Å². The molecule has 0 aliphatic heterocycles. The molecule has 2 aromatic carbocycles. The molecule has 0 aliphatic rings. The number of benzene rings is 2. The van der Waals surface area contributed by atoms with Crippen LogP contribution in [0, 0.1) is 0 Å². The van der Waals surface area contributed by atoms with Gasteiger partial charge in [-0.15, -0.1) is 11.8 Å². The first kappa shape index (κ1) is 18.4. The third-order valence-corrected chi connectivity index (χ3v) is 4.88. The quantitative estimate of drug-likeness (QED) is 0.718. The third kappa shape index (κ3) is 6.29. The lowest BCUT2D eigenvalue weighted by molar-refractivity contribution is -0.139. The SMILES string of the molecule is CCOC(=O)CSCC(=O)Nc1ccccc1Sc1ccccc1. The smallest absolute Gasteiger partial charge is 0.315 e. The van der Waals surface area contributed by atoms with Crippen LogP contribution in [-0.2, 0) is 14.3 Å². The van der Waals surface area contributed by atoms with Crippen molar-refractivity contribution < 1.29 is 14.3 Å². The fourth-order valence-corrected chi connectivity index (χ4v) is 3.42. The predicted octanol–water partition coefficient (Wildman–Crippen LogP) is 4.07. The molecule has 0 saturated heterocycles. The van der Waals surface area contributed by atoms with Gasteiger partial charge in [-0.25, -0.2) is 0 Å². The Morgan fingerprint density at radius 2 is 1.71 bits per heavy atom. The Balaban J connectivity index is 1.90. The molecule has 1 amide bonds. The Morgan fingerprint density at radius 3 is 2.46 bits per heavy atom. The minimum absolute atomic E-state index is 0.134. The van der Waals surface area contributed by atoms with E-state index < -0.39 is 0 Å². The number of carbonyl (C=O) groups excluding carboxylic acids is 2. The average molecular weight is 361 g/mol. The first-order chi connectivity index (χ1) is 11.7. The molecule has 2 rings (SSSR count). The zero-order valence-electron chi connectivity index (χ0n) is 13.4. The van der Waals surface area contributed by atoms with Crippen LogP contribution in [0.2, 0.25) is 0 Å². The molecule has 0 unspecified atom stereocenters. The minimum Gasteiger partial charge on any atom is -0.465 e. The second-order valence-electron chi connectivity index (χ2n) is 4.76. The molecule has 0 atom stereocenters. The van der Waals surface area contributed by atoms with Gasteiger partial charge in [-0.1, -0.05) is 42.1 Å². The monoisotopic (exact) mass is 361 g/mol. The standard InChI is InChI=1S/C18H19NO3S2/c1-2-22-18(21)13-23-12-17(20)19-15-10-6-7-11-16(15)24-14-8-4-3-5-9-14/h3-11H,2,12-13H2,1H3,(H,19,20). The van der Waals surface area contributed by atoms with E-state index in [-0.39, 0.29) is 23.4 Å². The topological polar surface area (TPSA) is 55.4 Å². The molecule has 2 aromatic rings. The molecule has 0 bridgehead atoms. The van der Waals surface area contributed by atoms with Gasteiger partial charge in [0.1, 0.15) is 0 Å².